The SMILES string of the molecule is O=C(NCc1ccccc1F)c1ccnc(NCc2ccccc2)n1. The number of hydrogen-bond donors (Lipinski definition) is 2. The molecule has 0 aliphatic rings. The summed E-state index contributed by atoms with van der Waals surface area (Å²) < 4.78 is 13.6. The molecule has 1 aromatic heterocycles. The molecule has 0 saturated carbocycles. The highest BCUT2D eigenvalue weighted by molar-refractivity contribution is 5.92. The van der Waals surface area contributed by atoms with Gasteiger partial charge in [0.05, 0.1) is 0 Å². The molecular weight excluding hydrogens is 319 g/mol. The molecule has 25 heavy (non-hydrogen) atoms. The van der Waals surface area contributed by atoms with Crippen molar-refractivity contribution in [3.63, 3.8) is 0 Å². The average Bonchev–Trinajstić information content (AvgIpc) is 2.66. The molecule has 0 aliphatic carbocycles. The van der Waals surface area contributed by atoms with Gasteiger partial charge in [0.25, 0.3) is 5.91 Å². The van der Waals surface area contributed by atoms with Crippen molar-refractivity contribution in [3.8, 4) is 0 Å². The quantitative estimate of drug-likeness (QED) is 0.726. The van der Waals surface area contributed by atoms with Crippen LogP contribution in [-0.4, -0.2) is 15.9 Å². The van der Waals surface area contributed by atoms with Crippen molar-refractivity contribution in [2.75, 3.05) is 5.32 Å². The lowest BCUT2D eigenvalue weighted by Crippen LogP contribution is -2.24. The van der Waals surface area contributed by atoms with Crippen LogP contribution in [0, 0.1) is 5.82 Å². The van der Waals surface area contributed by atoms with Gasteiger partial charge in [0, 0.05) is 24.8 Å². The predicted octanol–water partition coefficient (Wildman–Crippen LogP) is 3.16. The number of amides is 1. The Balaban J connectivity index is 1.60. The number of carbonyl (C=O) groups excluding carboxylic acids is 1. The summed E-state index contributed by atoms with van der Waals surface area (Å²) in [6.07, 6.45) is 1.51. The summed E-state index contributed by atoms with van der Waals surface area (Å²) in [6, 6.07) is 17.6. The first kappa shape index (κ1) is 16.6. The molecule has 5 nitrogen and oxygen atoms in total. The number of halogens is 1. The van der Waals surface area contributed by atoms with Gasteiger partial charge in [-0.25, -0.2) is 14.4 Å². The number of aromatic nitrogens is 2. The van der Waals surface area contributed by atoms with Gasteiger partial charge in [-0.15, -0.1) is 0 Å². The number of nitrogens with one attached hydrogen (secondary N) is 2. The van der Waals surface area contributed by atoms with E-state index in [4.69, 9.17) is 0 Å². The Morgan fingerprint density at radius 2 is 1.72 bits per heavy atom. The molecule has 0 fully saturated rings. The lowest BCUT2D eigenvalue weighted by atomic mass is 10.2. The van der Waals surface area contributed by atoms with Crippen molar-refractivity contribution in [3.05, 3.63) is 89.5 Å². The Morgan fingerprint density at radius 1 is 0.960 bits per heavy atom. The van der Waals surface area contributed by atoms with Crippen molar-refractivity contribution in [2.24, 2.45) is 0 Å². The minimum Gasteiger partial charge on any atom is -0.350 e. The van der Waals surface area contributed by atoms with Crippen LogP contribution in [0.15, 0.2) is 66.9 Å². The normalized spacial score (nSPS) is 10.3. The fraction of sp³-hybridized carbons (Fsp3) is 0.105. The maximum absolute atomic E-state index is 13.6. The summed E-state index contributed by atoms with van der Waals surface area (Å²) >= 11 is 0. The summed E-state index contributed by atoms with van der Waals surface area (Å²) in [5.74, 6) is -0.369. The second kappa shape index (κ2) is 8.01. The summed E-state index contributed by atoms with van der Waals surface area (Å²) in [4.78, 5) is 20.5. The van der Waals surface area contributed by atoms with E-state index >= 15 is 0 Å². The first-order valence-electron chi connectivity index (χ1n) is 7.85. The Morgan fingerprint density at radius 3 is 2.52 bits per heavy atom. The molecular formula is C19H17FN4O. The van der Waals surface area contributed by atoms with E-state index in [9.17, 15) is 9.18 Å². The van der Waals surface area contributed by atoms with Crippen molar-refractivity contribution >= 4 is 11.9 Å². The first-order chi connectivity index (χ1) is 12.2. The van der Waals surface area contributed by atoms with Crippen LogP contribution in [0.3, 0.4) is 0 Å². The third-order valence-corrected chi connectivity index (χ3v) is 3.58. The van der Waals surface area contributed by atoms with Gasteiger partial charge in [-0.2, -0.15) is 0 Å². The monoisotopic (exact) mass is 336 g/mol. The van der Waals surface area contributed by atoms with E-state index in [0.29, 0.717) is 18.1 Å². The van der Waals surface area contributed by atoms with Gasteiger partial charge in [0.15, 0.2) is 0 Å². The fourth-order valence-corrected chi connectivity index (χ4v) is 2.26. The molecule has 3 aromatic rings. The third-order valence-electron chi connectivity index (χ3n) is 3.58. The number of rotatable bonds is 6. The molecule has 1 amide bonds. The fourth-order valence-electron chi connectivity index (χ4n) is 2.26. The van der Waals surface area contributed by atoms with Gasteiger partial charge in [-0.1, -0.05) is 48.5 Å². The summed E-state index contributed by atoms with van der Waals surface area (Å²) in [7, 11) is 0. The molecule has 0 unspecified atom stereocenters. The van der Waals surface area contributed by atoms with Crippen LogP contribution in [-0.2, 0) is 13.1 Å². The number of nitrogens with zero attached hydrogens (tertiary/aromatic N) is 2. The van der Waals surface area contributed by atoms with Crippen molar-refractivity contribution in [1.82, 2.24) is 15.3 Å². The summed E-state index contributed by atoms with van der Waals surface area (Å²) in [6.45, 7) is 0.656. The Bertz CT molecular complexity index is 855. The van der Waals surface area contributed by atoms with Crippen LogP contribution in [0.25, 0.3) is 0 Å². The molecule has 0 atom stereocenters. The second-order valence-electron chi connectivity index (χ2n) is 5.38. The molecule has 2 N–H and O–H groups in total. The molecule has 6 heteroatoms. The Labute approximate surface area is 145 Å². The molecule has 0 aliphatic heterocycles. The van der Waals surface area contributed by atoms with E-state index in [0.717, 1.165) is 5.56 Å². The van der Waals surface area contributed by atoms with Gasteiger partial charge in [-0.3, -0.25) is 4.79 Å². The molecule has 2 aromatic carbocycles. The first-order valence-corrected chi connectivity index (χ1v) is 7.85. The Kier molecular flexibility index (Phi) is 5.31. The minimum atomic E-state index is -0.381. The molecule has 3 rings (SSSR count). The van der Waals surface area contributed by atoms with E-state index in [2.05, 4.69) is 20.6 Å². The zero-order chi connectivity index (χ0) is 17.5. The smallest absolute Gasteiger partial charge is 0.270 e. The molecule has 126 valence electrons. The van der Waals surface area contributed by atoms with Crippen molar-refractivity contribution in [1.29, 1.82) is 0 Å². The summed E-state index contributed by atoms with van der Waals surface area (Å²) in [5, 5.41) is 5.74. The van der Waals surface area contributed by atoms with Gasteiger partial charge in [0.2, 0.25) is 5.95 Å². The standard InChI is InChI=1S/C19H17FN4O/c20-16-9-5-4-8-15(16)13-22-18(25)17-10-11-21-19(24-17)23-12-14-6-2-1-3-7-14/h1-11H,12-13H2,(H,22,25)(H,21,23,24). The van der Waals surface area contributed by atoms with E-state index in [1.165, 1.54) is 18.3 Å². The zero-order valence-electron chi connectivity index (χ0n) is 13.4. The average molecular weight is 336 g/mol. The van der Waals surface area contributed by atoms with E-state index < -0.39 is 0 Å². The summed E-state index contributed by atoms with van der Waals surface area (Å²) in [5.41, 5.74) is 1.73. The number of hydrogen-bond acceptors (Lipinski definition) is 4. The highest BCUT2D eigenvalue weighted by Gasteiger charge is 2.10. The zero-order valence-corrected chi connectivity index (χ0v) is 13.4. The van der Waals surface area contributed by atoms with Crippen LogP contribution >= 0.6 is 0 Å². The lowest BCUT2D eigenvalue weighted by molar-refractivity contribution is 0.0945. The third kappa shape index (κ3) is 4.60. The van der Waals surface area contributed by atoms with Crippen LogP contribution < -0.4 is 10.6 Å². The largest absolute Gasteiger partial charge is 0.350 e. The van der Waals surface area contributed by atoms with Crippen molar-refractivity contribution in [2.45, 2.75) is 13.1 Å². The van der Waals surface area contributed by atoms with Crippen LogP contribution in [0.5, 0.6) is 0 Å². The molecule has 0 bridgehead atoms. The second-order valence-corrected chi connectivity index (χ2v) is 5.38. The van der Waals surface area contributed by atoms with E-state index in [1.807, 2.05) is 30.3 Å². The van der Waals surface area contributed by atoms with E-state index in [1.54, 1.807) is 18.2 Å². The molecule has 0 radical (unpaired) electrons. The van der Waals surface area contributed by atoms with Gasteiger partial charge >= 0.3 is 0 Å². The van der Waals surface area contributed by atoms with Crippen LogP contribution in [0.1, 0.15) is 21.6 Å². The van der Waals surface area contributed by atoms with Gasteiger partial charge in [-0.05, 0) is 17.7 Å². The maximum Gasteiger partial charge on any atom is 0.270 e. The molecule has 0 spiro atoms. The van der Waals surface area contributed by atoms with Gasteiger partial charge < -0.3 is 10.6 Å². The van der Waals surface area contributed by atoms with Gasteiger partial charge in [0.1, 0.15) is 11.5 Å². The molecule has 0 saturated heterocycles. The Hall–Kier alpha value is -3.28. The molecule has 1 heterocycles. The number of carbonyl (C=O) groups is 1. The number of benzene rings is 2. The minimum absolute atomic E-state index is 0.0995. The van der Waals surface area contributed by atoms with Crippen LogP contribution in [0.2, 0.25) is 0 Å². The topological polar surface area (TPSA) is 66.9 Å². The number of anilines is 1. The van der Waals surface area contributed by atoms with E-state index in [-0.39, 0.29) is 24.0 Å². The van der Waals surface area contributed by atoms with Crippen LogP contribution in [0.4, 0.5) is 10.3 Å². The predicted molar refractivity (Wildman–Crippen MR) is 93.4 cm³/mol. The maximum atomic E-state index is 13.6. The lowest BCUT2D eigenvalue weighted by Gasteiger charge is -2.08. The van der Waals surface area contributed by atoms with Crippen molar-refractivity contribution < 1.29 is 9.18 Å². The highest BCUT2D eigenvalue weighted by Crippen LogP contribution is 2.07. The highest BCUT2D eigenvalue weighted by atomic mass is 19.1.